The van der Waals surface area contributed by atoms with Crippen molar-refractivity contribution in [2.24, 2.45) is 0 Å². The molecule has 1 aromatic carbocycles. The van der Waals surface area contributed by atoms with Gasteiger partial charge in [0.1, 0.15) is 0 Å². The lowest BCUT2D eigenvalue weighted by atomic mass is 10.1. The average molecular weight is 341 g/mol. The Labute approximate surface area is 144 Å². The van der Waals surface area contributed by atoms with Crippen molar-refractivity contribution < 1.29 is 4.79 Å². The fourth-order valence-corrected chi connectivity index (χ4v) is 3.13. The normalized spacial score (nSPS) is 11.0. The number of carbonyl (C=O) groups is 1. The summed E-state index contributed by atoms with van der Waals surface area (Å²) in [6.45, 7) is 3.94. The Morgan fingerprint density at radius 2 is 1.88 bits per heavy atom. The van der Waals surface area contributed by atoms with Gasteiger partial charge in [-0.3, -0.25) is 4.79 Å². The van der Waals surface area contributed by atoms with E-state index in [9.17, 15) is 4.79 Å². The van der Waals surface area contributed by atoms with E-state index in [2.05, 4.69) is 15.1 Å². The molecule has 0 radical (unpaired) electrons. The Kier molecular flexibility index (Phi) is 4.53. The number of benzene rings is 1. The van der Waals surface area contributed by atoms with Crippen LogP contribution in [-0.4, -0.2) is 44.5 Å². The summed E-state index contributed by atoms with van der Waals surface area (Å²) < 4.78 is 1.76. The Balaban J connectivity index is 1.72. The van der Waals surface area contributed by atoms with E-state index in [0.717, 1.165) is 22.7 Å². The van der Waals surface area contributed by atoms with Crippen LogP contribution in [0, 0.1) is 13.8 Å². The van der Waals surface area contributed by atoms with Crippen LogP contribution >= 0.6 is 11.8 Å². The first kappa shape index (κ1) is 16.4. The maximum atomic E-state index is 11.9. The minimum atomic E-state index is 0.00754. The number of aryl methyl sites for hydroxylation is 2. The molecule has 2 aromatic heterocycles. The van der Waals surface area contributed by atoms with Crippen LogP contribution in [0.5, 0.6) is 0 Å². The molecule has 124 valence electrons. The molecule has 2 heterocycles. The Bertz CT molecular complexity index is 886. The summed E-state index contributed by atoms with van der Waals surface area (Å²) >= 11 is 1.56. The third-order valence-electron chi connectivity index (χ3n) is 3.57. The molecule has 0 saturated carbocycles. The lowest BCUT2D eigenvalue weighted by Gasteiger charge is -2.10. The maximum absolute atomic E-state index is 11.9. The highest BCUT2D eigenvalue weighted by Crippen LogP contribution is 2.21. The van der Waals surface area contributed by atoms with Gasteiger partial charge < -0.3 is 4.90 Å². The van der Waals surface area contributed by atoms with Gasteiger partial charge in [0.05, 0.1) is 0 Å². The van der Waals surface area contributed by atoms with Gasteiger partial charge >= 0.3 is 0 Å². The minimum Gasteiger partial charge on any atom is -0.345 e. The zero-order chi connectivity index (χ0) is 17.3. The highest BCUT2D eigenvalue weighted by Gasteiger charge is 2.10. The number of carbonyl (C=O) groups excluding carboxylic acids is 1. The summed E-state index contributed by atoms with van der Waals surface area (Å²) in [5.41, 5.74) is 3.76. The Morgan fingerprint density at radius 1 is 1.17 bits per heavy atom. The van der Waals surface area contributed by atoms with Gasteiger partial charge in [0.25, 0.3) is 11.7 Å². The Morgan fingerprint density at radius 3 is 2.54 bits per heavy atom. The van der Waals surface area contributed by atoms with E-state index in [0.29, 0.717) is 16.5 Å². The average Bonchev–Trinajstić information content (AvgIpc) is 2.96. The van der Waals surface area contributed by atoms with E-state index < -0.39 is 0 Å². The first-order chi connectivity index (χ1) is 11.4. The number of rotatable bonds is 4. The highest BCUT2D eigenvalue weighted by molar-refractivity contribution is 7.98. The van der Waals surface area contributed by atoms with Crippen LogP contribution in [0.1, 0.15) is 27.3 Å². The van der Waals surface area contributed by atoms with Crippen molar-refractivity contribution >= 4 is 23.4 Å². The molecule has 0 atom stereocenters. The fourth-order valence-electron chi connectivity index (χ4n) is 2.36. The molecule has 0 bridgehead atoms. The highest BCUT2D eigenvalue weighted by atomic mass is 32.2. The molecule has 1 amide bonds. The summed E-state index contributed by atoms with van der Waals surface area (Å²) in [5.74, 6) is 1.38. The molecular formula is C17H19N5OS. The van der Waals surface area contributed by atoms with E-state index >= 15 is 0 Å². The lowest BCUT2D eigenvalue weighted by molar-refractivity contribution is 0.0827. The van der Waals surface area contributed by atoms with Crippen molar-refractivity contribution in [1.82, 2.24) is 24.5 Å². The largest absolute Gasteiger partial charge is 0.345 e. The van der Waals surface area contributed by atoms with Crippen LogP contribution in [0.2, 0.25) is 0 Å². The molecule has 0 fully saturated rings. The predicted octanol–water partition coefficient (Wildman–Crippen LogP) is 2.74. The smallest absolute Gasteiger partial charge is 0.253 e. The molecule has 0 aliphatic carbocycles. The first-order valence-electron chi connectivity index (χ1n) is 7.58. The zero-order valence-corrected chi connectivity index (χ0v) is 15.0. The summed E-state index contributed by atoms with van der Waals surface area (Å²) in [7, 11) is 3.50. The van der Waals surface area contributed by atoms with Crippen LogP contribution in [-0.2, 0) is 5.75 Å². The number of thioether (sulfide) groups is 1. The van der Waals surface area contributed by atoms with Crippen molar-refractivity contribution in [3.8, 4) is 0 Å². The number of aromatic nitrogens is 4. The van der Waals surface area contributed by atoms with E-state index in [1.54, 1.807) is 35.3 Å². The van der Waals surface area contributed by atoms with Crippen LogP contribution in [0.4, 0.5) is 0 Å². The number of fused-ring (bicyclic) bond motifs is 1. The topological polar surface area (TPSA) is 63.4 Å². The lowest BCUT2D eigenvalue weighted by Crippen LogP contribution is -2.21. The van der Waals surface area contributed by atoms with Gasteiger partial charge in [-0.25, -0.2) is 9.50 Å². The van der Waals surface area contributed by atoms with Crippen LogP contribution in [0.25, 0.3) is 5.78 Å². The molecule has 0 aliphatic rings. The van der Waals surface area contributed by atoms with E-state index in [1.807, 2.05) is 44.2 Å². The number of hydrogen-bond donors (Lipinski definition) is 0. The third-order valence-corrected chi connectivity index (χ3v) is 4.48. The van der Waals surface area contributed by atoms with Gasteiger partial charge in [-0.1, -0.05) is 23.9 Å². The maximum Gasteiger partial charge on any atom is 0.253 e. The second-order valence-electron chi connectivity index (χ2n) is 5.83. The van der Waals surface area contributed by atoms with Gasteiger partial charge in [-0.2, -0.15) is 4.98 Å². The standard InChI is InChI=1S/C17H19N5OS/c1-11-9-12(2)22-16(18-11)19-17(20-22)24-10-13-5-7-14(8-6-13)15(23)21(3)4/h5-9H,10H2,1-4H3. The van der Waals surface area contributed by atoms with Gasteiger partial charge in [0.15, 0.2) is 0 Å². The minimum absolute atomic E-state index is 0.00754. The molecule has 0 N–H and O–H groups in total. The SMILES string of the molecule is Cc1cc(C)n2nc(SCc3ccc(C(=O)N(C)C)cc3)nc2n1. The van der Waals surface area contributed by atoms with E-state index in [1.165, 1.54) is 0 Å². The van der Waals surface area contributed by atoms with Crippen LogP contribution < -0.4 is 0 Å². The van der Waals surface area contributed by atoms with Gasteiger partial charge in [0.2, 0.25) is 5.16 Å². The third kappa shape index (κ3) is 3.41. The molecule has 0 saturated heterocycles. The molecule has 0 unspecified atom stereocenters. The monoisotopic (exact) mass is 341 g/mol. The predicted molar refractivity (Wildman–Crippen MR) is 94.3 cm³/mol. The van der Waals surface area contributed by atoms with Crippen LogP contribution in [0.15, 0.2) is 35.5 Å². The number of nitrogens with zero attached hydrogens (tertiary/aromatic N) is 5. The summed E-state index contributed by atoms with van der Waals surface area (Å²) in [5, 5.41) is 5.18. The van der Waals surface area contributed by atoms with Crippen molar-refractivity contribution in [3.63, 3.8) is 0 Å². The summed E-state index contributed by atoms with van der Waals surface area (Å²) in [6.07, 6.45) is 0. The number of hydrogen-bond acceptors (Lipinski definition) is 5. The quantitative estimate of drug-likeness (QED) is 0.683. The molecule has 3 rings (SSSR count). The zero-order valence-electron chi connectivity index (χ0n) is 14.1. The summed E-state index contributed by atoms with van der Waals surface area (Å²) in [6, 6.07) is 9.62. The van der Waals surface area contributed by atoms with Crippen molar-refractivity contribution in [2.45, 2.75) is 24.8 Å². The fraction of sp³-hybridized carbons (Fsp3) is 0.294. The molecule has 6 nitrogen and oxygen atoms in total. The molecular weight excluding hydrogens is 322 g/mol. The van der Waals surface area contributed by atoms with E-state index in [-0.39, 0.29) is 5.91 Å². The first-order valence-corrected chi connectivity index (χ1v) is 8.57. The second kappa shape index (κ2) is 6.60. The van der Waals surface area contributed by atoms with E-state index in [4.69, 9.17) is 0 Å². The number of amides is 1. The van der Waals surface area contributed by atoms with Gasteiger partial charge in [-0.15, -0.1) is 5.10 Å². The van der Waals surface area contributed by atoms with Crippen molar-refractivity contribution in [3.05, 3.63) is 52.8 Å². The molecule has 0 spiro atoms. The van der Waals surface area contributed by atoms with Gasteiger partial charge in [-0.05, 0) is 37.6 Å². The molecule has 3 aromatic rings. The van der Waals surface area contributed by atoms with Crippen molar-refractivity contribution in [1.29, 1.82) is 0 Å². The Hall–Kier alpha value is -2.41. The van der Waals surface area contributed by atoms with Gasteiger partial charge in [0, 0.05) is 36.8 Å². The molecule has 24 heavy (non-hydrogen) atoms. The van der Waals surface area contributed by atoms with Crippen LogP contribution in [0.3, 0.4) is 0 Å². The second-order valence-corrected chi connectivity index (χ2v) is 6.77. The molecule has 7 heteroatoms. The summed E-state index contributed by atoms with van der Waals surface area (Å²) in [4.78, 5) is 22.3. The molecule has 0 aliphatic heterocycles. The van der Waals surface area contributed by atoms with Crippen molar-refractivity contribution in [2.75, 3.05) is 14.1 Å².